The molecule has 0 spiro atoms. The maximum Gasteiger partial charge on any atom is 0.229 e. The van der Waals surface area contributed by atoms with Crippen molar-refractivity contribution in [1.82, 2.24) is 19.7 Å². The van der Waals surface area contributed by atoms with E-state index in [9.17, 15) is 0 Å². The number of rotatable bonds is 6. The van der Waals surface area contributed by atoms with Crippen LogP contribution in [0.4, 0.5) is 11.8 Å². The molecule has 0 saturated heterocycles. The molecule has 0 saturated carbocycles. The first kappa shape index (κ1) is 16.5. The van der Waals surface area contributed by atoms with Gasteiger partial charge in [-0.15, -0.1) is 0 Å². The van der Waals surface area contributed by atoms with Crippen LogP contribution in [-0.2, 0) is 13.6 Å². The van der Waals surface area contributed by atoms with Gasteiger partial charge in [0.2, 0.25) is 5.95 Å². The van der Waals surface area contributed by atoms with Gasteiger partial charge in [0.1, 0.15) is 5.82 Å². The highest BCUT2D eigenvalue weighted by Gasteiger charge is 2.14. The van der Waals surface area contributed by atoms with Crippen LogP contribution in [0.5, 0.6) is 0 Å². The average molecular weight is 345 g/mol. The molecule has 0 radical (unpaired) electrons. The molecule has 0 unspecified atom stereocenters. The summed E-state index contributed by atoms with van der Waals surface area (Å²) in [4.78, 5) is 11.5. The van der Waals surface area contributed by atoms with Crippen LogP contribution in [0.3, 0.4) is 0 Å². The van der Waals surface area contributed by atoms with Gasteiger partial charge >= 0.3 is 0 Å². The molecule has 6 nitrogen and oxygen atoms in total. The van der Waals surface area contributed by atoms with Gasteiger partial charge < -0.3 is 10.2 Å². The molecule has 0 aliphatic carbocycles. The monoisotopic (exact) mass is 344 g/mol. The van der Waals surface area contributed by atoms with Crippen LogP contribution in [0.2, 0.25) is 5.02 Å². The number of anilines is 2. The van der Waals surface area contributed by atoms with E-state index < -0.39 is 0 Å². The van der Waals surface area contributed by atoms with E-state index in [1.807, 2.05) is 31.3 Å². The Hall–Kier alpha value is -2.34. The zero-order valence-corrected chi connectivity index (χ0v) is 14.9. The summed E-state index contributed by atoms with van der Waals surface area (Å²) in [6.07, 6.45) is 1.80. The maximum atomic E-state index is 5.94. The summed E-state index contributed by atoms with van der Waals surface area (Å²) >= 11 is 5.94. The van der Waals surface area contributed by atoms with Crippen LogP contribution in [0.15, 0.2) is 30.5 Å². The Morgan fingerprint density at radius 3 is 2.50 bits per heavy atom. The Labute approximate surface area is 146 Å². The van der Waals surface area contributed by atoms with Crippen molar-refractivity contribution in [3.8, 4) is 0 Å². The first-order chi connectivity index (χ1) is 11.6. The molecule has 2 heterocycles. The van der Waals surface area contributed by atoms with Crippen molar-refractivity contribution in [2.75, 3.05) is 23.3 Å². The molecule has 24 heavy (non-hydrogen) atoms. The van der Waals surface area contributed by atoms with Gasteiger partial charge in [0.15, 0.2) is 5.65 Å². The van der Waals surface area contributed by atoms with Gasteiger partial charge in [0.05, 0.1) is 11.6 Å². The molecule has 7 heteroatoms. The Morgan fingerprint density at radius 2 is 1.83 bits per heavy atom. The van der Waals surface area contributed by atoms with Gasteiger partial charge in [-0.3, -0.25) is 4.68 Å². The van der Waals surface area contributed by atoms with Gasteiger partial charge in [-0.2, -0.15) is 15.1 Å². The summed E-state index contributed by atoms with van der Waals surface area (Å²) in [7, 11) is 1.89. The molecule has 0 atom stereocenters. The second kappa shape index (κ2) is 7.05. The minimum Gasteiger partial charge on any atom is -0.365 e. The summed E-state index contributed by atoms with van der Waals surface area (Å²) in [5.41, 5.74) is 1.96. The topological polar surface area (TPSA) is 58.9 Å². The van der Waals surface area contributed by atoms with Crippen molar-refractivity contribution < 1.29 is 0 Å². The third-order valence-electron chi connectivity index (χ3n) is 4.00. The average Bonchev–Trinajstić information content (AvgIpc) is 2.97. The molecule has 126 valence electrons. The lowest BCUT2D eigenvalue weighted by molar-refractivity contribution is 0.776. The van der Waals surface area contributed by atoms with Gasteiger partial charge in [-0.05, 0) is 31.5 Å². The fourth-order valence-electron chi connectivity index (χ4n) is 2.58. The smallest absolute Gasteiger partial charge is 0.229 e. The minimum atomic E-state index is 0.663. The second-order valence-electron chi connectivity index (χ2n) is 5.53. The van der Waals surface area contributed by atoms with Crippen molar-refractivity contribution >= 4 is 34.4 Å². The van der Waals surface area contributed by atoms with Crippen molar-refractivity contribution in [3.05, 3.63) is 41.0 Å². The van der Waals surface area contributed by atoms with Crippen molar-refractivity contribution in [1.29, 1.82) is 0 Å². The molecular formula is C17H21ClN6. The molecule has 0 bridgehead atoms. The molecule has 1 aromatic carbocycles. The van der Waals surface area contributed by atoms with Crippen LogP contribution in [0.1, 0.15) is 19.4 Å². The summed E-state index contributed by atoms with van der Waals surface area (Å²) < 4.78 is 1.78. The number of hydrogen-bond donors (Lipinski definition) is 1. The third kappa shape index (κ3) is 3.28. The second-order valence-corrected chi connectivity index (χ2v) is 5.97. The zero-order chi connectivity index (χ0) is 17.1. The van der Waals surface area contributed by atoms with E-state index in [1.54, 1.807) is 10.9 Å². The minimum absolute atomic E-state index is 0.663. The Kier molecular flexibility index (Phi) is 4.85. The van der Waals surface area contributed by atoms with Gasteiger partial charge in [0, 0.05) is 31.7 Å². The molecule has 3 aromatic rings. The Morgan fingerprint density at radius 1 is 1.12 bits per heavy atom. The highest BCUT2D eigenvalue weighted by atomic mass is 35.5. The van der Waals surface area contributed by atoms with Crippen LogP contribution in [0, 0.1) is 0 Å². The van der Waals surface area contributed by atoms with Crippen molar-refractivity contribution in [3.63, 3.8) is 0 Å². The molecule has 1 N–H and O–H groups in total. The molecule has 2 aromatic heterocycles. The summed E-state index contributed by atoms with van der Waals surface area (Å²) in [5, 5.41) is 9.37. The lowest BCUT2D eigenvalue weighted by Gasteiger charge is -2.19. The Bertz CT molecular complexity index is 823. The number of fused-ring (bicyclic) bond motifs is 1. The van der Waals surface area contributed by atoms with Gasteiger partial charge in [0.25, 0.3) is 0 Å². The lowest BCUT2D eigenvalue weighted by Crippen LogP contribution is -2.24. The molecular weight excluding hydrogens is 324 g/mol. The van der Waals surface area contributed by atoms with E-state index in [-0.39, 0.29) is 0 Å². The van der Waals surface area contributed by atoms with Gasteiger partial charge in [-0.25, -0.2) is 0 Å². The predicted octanol–water partition coefficient (Wildman–Crippen LogP) is 3.48. The molecule has 0 fully saturated rings. The van der Waals surface area contributed by atoms with E-state index >= 15 is 0 Å². The number of halogens is 1. The number of nitrogens with one attached hydrogen (secondary N) is 1. The molecule has 0 amide bonds. The molecule has 0 aliphatic heterocycles. The largest absolute Gasteiger partial charge is 0.365 e. The molecule has 0 aliphatic rings. The van der Waals surface area contributed by atoms with Crippen LogP contribution >= 0.6 is 11.6 Å². The zero-order valence-electron chi connectivity index (χ0n) is 14.1. The van der Waals surface area contributed by atoms with E-state index in [2.05, 4.69) is 34.1 Å². The first-order valence-corrected chi connectivity index (χ1v) is 8.43. The van der Waals surface area contributed by atoms with E-state index in [0.29, 0.717) is 6.54 Å². The fourth-order valence-corrected chi connectivity index (χ4v) is 2.71. The van der Waals surface area contributed by atoms with Crippen LogP contribution in [0.25, 0.3) is 11.0 Å². The number of hydrogen-bond acceptors (Lipinski definition) is 5. The van der Waals surface area contributed by atoms with Crippen LogP contribution < -0.4 is 10.2 Å². The Balaban J connectivity index is 1.94. The van der Waals surface area contributed by atoms with Crippen molar-refractivity contribution in [2.45, 2.75) is 20.4 Å². The van der Waals surface area contributed by atoms with E-state index in [1.165, 1.54) is 0 Å². The van der Waals surface area contributed by atoms with E-state index in [4.69, 9.17) is 16.6 Å². The van der Waals surface area contributed by atoms with Crippen molar-refractivity contribution in [2.24, 2.45) is 7.05 Å². The summed E-state index contributed by atoms with van der Waals surface area (Å²) in [6.45, 7) is 6.57. The van der Waals surface area contributed by atoms with Crippen LogP contribution in [-0.4, -0.2) is 32.8 Å². The highest BCUT2D eigenvalue weighted by Crippen LogP contribution is 2.23. The SMILES string of the molecule is CCN(CC)c1nc(NCc2ccc(Cl)cc2)c2cnn(C)c2n1. The molecule has 3 rings (SSSR count). The predicted molar refractivity (Wildman–Crippen MR) is 98.6 cm³/mol. The van der Waals surface area contributed by atoms with E-state index in [0.717, 1.165) is 46.5 Å². The quantitative estimate of drug-likeness (QED) is 0.742. The van der Waals surface area contributed by atoms with Gasteiger partial charge in [-0.1, -0.05) is 23.7 Å². The summed E-state index contributed by atoms with van der Waals surface area (Å²) in [6, 6.07) is 7.78. The standard InChI is InChI=1S/C17H21ClN6/c1-4-24(5-2)17-21-15(14-11-20-23(3)16(14)22-17)19-10-12-6-8-13(18)9-7-12/h6-9,11H,4-5,10H2,1-3H3,(H,19,21,22). The number of nitrogens with zero attached hydrogens (tertiary/aromatic N) is 5. The third-order valence-corrected chi connectivity index (χ3v) is 4.25. The number of aromatic nitrogens is 4. The summed E-state index contributed by atoms with van der Waals surface area (Å²) in [5.74, 6) is 1.51. The highest BCUT2D eigenvalue weighted by molar-refractivity contribution is 6.30. The lowest BCUT2D eigenvalue weighted by atomic mass is 10.2. The maximum absolute atomic E-state index is 5.94. The number of aryl methyl sites for hydroxylation is 1. The number of benzene rings is 1. The fraction of sp³-hybridized carbons (Fsp3) is 0.353. The first-order valence-electron chi connectivity index (χ1n) is 8.05. The normalized spacial score (nSPS) is 11.0.